The molecule has 4 heteroatoms. The van der Waals surface area contributed by atoms with Gasteiger partial charge in [-0.15, -0.1) is 0 Å². The van der Waals surface area contributed by atoms with Crippen LogP contribution in [0.5, 0.6) is 0 Å². The van der Waals surface area contributed by atoms with Gasteiger partial charge in [0.2, 0.25) is 0 Å². The van der Waals surface area contributed by atoms with E-state index in [1.54, 1.807) is 6.92 Å². The molecule has 0 amide bonds. The zero-order chi connectivity index (χ0) is 26.3. The molecular weight excluding hydrogens is 448 g/mol. The molecule has 6 rings (SSSR count). The Hall–Kier alpha value is -0.610. The number of esters is 1. The number of fused-ring (bicyclic) bond motifs is 9. The molecule has 5 aliphatic carbocycles. The number of carbonyl (C=O) groups is 1. The standard InChI is InChI=1S/C32H52O4/c1-19(2)31-25(36-31)18-27(6)16-17-30(9)23(32(27,31)34)11-10-22-28(7)14-13-24(35-20(3)33)26(4,5)21(28)12-15-29(22,30)8/h19,21-25,34H,10-18H2,1-9H3/t21-,22+,23-,24-,25+,27-,28-,29+,30+,31+,32-/m0/s1. The van der Waals surface area contributed by atoms with Crippen LogP contribution < -0.4 is 0 Å². The zero-order valence-corrected chi connectivity index (χ0v) is 24.5. The summed E-state index contributed by atoms with van der Waals surface area (Å²) in [5.41, 5.74) is -0.561. The van der Waals surface area contributed by atoms with Gasteiger partial charge in [-0.2, -0.15) is 0 Å². The van der Waals surface area contributed by atoms with Gasteiger partial charge in [-0.05, 0) is 97.7 Å². The summed E-state index contributed by atoms with van der Waals surface area (Å²) < 4.78 is 12.4. The smallest absolute Gasteiger partial charge is 0.302 e. The maximum atomic E-state index is 13.0. The maximum Gasteiger partial charge on any atom is 0.302 e. The van der Waals surface area contributed by atoms with E-state index in [2.05, 4.69) is 55.4 Å². The van der Waals surface area contributed by atoms with E-state index in [1.165, 1.54) is 25.7 Å². The molecule has 204 valence electrons. The van der Waals surface area contributed by atoms with Gasteiger partial charge in [-0.1, -0.05) is 55.4 Å². The second-order valence-corrected chi connectivity index (χ2v) is 16.2. The van der Waals surface area contributed by atoms with Gasteiger partial charge in [0.1, 0.15) is 17.3 Å². The first-order valence-corrected chi connectivity index (χ1v) is 15.1. The Morgan fingerprint density at radius 1 is 0.861 bits per heavy atom. The number of ether oxygens (including phenoxy) is 2. The van der Waals surface area contributed by atoms with Gasteiger partial charge < -0.3 is 14.6 Å². The number of rotatable bonds is 2. The van der Waals surface area contributed by atoms with Gasteiger partial charge in [0.25, 0.3) is 0 Å². The molecule has 0 spiro atoms. The van der Waals surface area contributed by atoms with Crippen molar-refractivity contribution in [3.63, 3.8) is 0 Å². The third kappa shape index (κ3) is 2.59. The fourth-order valence-electron chi connectivity index (χ4n) is 12.7. The Morgan fingerprint density at radius 3 is 2.14 bits per heavy atom. The predicted molar refractivity (Wildman–Crippen MR) is 141 cm³/mol. The monoisotopic (exact) mass is 500 g/mol. The van der Waals surface area contributed by atoms with Crippen molar-refractivity contribution in [1.82, 2.24) is 0 Å². The molecule has 0 aromatic carbocycles. The first-order valence-electron chi connectivity index (χ1n) is 15.1. The molecule has 36 heavy (non-hydrogen) atoms. The summed E-state index contributed by atoms with van der Waals surface area (Å²) in [5, 5.41) is 13.0. The van der Waals surface area contributed by atoms with Gasteiger partial charge in [0.15, 0.2) is 0 Å². The lowest BCUT2D eigenvalue weighted by Gasteiger charge is -2.74. The highest BCUT2D eigenvalue weighted by atomic mass is 16.6. The van der Waals surface area contributed by atoms with E-state index in [4.69, 9.17) is 9.47 Å². The molecule has 0 radical (unpaired) electrons. The number of hydrogen-bond donors (Lipinski definition) is 1. The third-order valence-electron chi connectivity index (χ3n) is 14.6. The molecule has 5 saturated carbocycles. The normalized spacial score (nSPS) is 58.7. The zero-order valence-electron chi connectivity index (χ0n) is 24.5. The Labute approximate surface area is 219 Å². The van der Waals surface area contributed by atoms with Crippen LogP contribution in [-0.2, 0) is 14.3 Å². The molecule has 0 bridgehead atoms. The van der Waals surface area contributed by atoms with Crippen LogP contribution in [-0.4, -0.2) is 34.5 Å². The molecule has 1 saturated heterocycles. The quantitative estimate of drug-likeness (QED) is 0.330. The average molecular weight is 501 g/mol. The second-order valence-electron chi connectivity index (χ2n) is 16.2. The van der Waals surface area contributed by atoms with Crippen molar-refractivity contribution in [2.45, 2.75) is 144 Å². The van der Waals surface area contributed by atoms with E-state index in [9.17, 15) is 9.90 Å². The van der Waals surface area contributed by atoms with Crippen molar-refractivity contribution in [1.29, 1.82) is 0 Å². The summed E-state index contributed by atoms with van der Waals surface area (Å²) in [6.45, 7) is 21.0. The topological polar surface area (TPSA) is 59.1 Å². The maximum absolute atomic E-state index is 13.0. The molecule has 1 heterocycles. The van der Waals surface area contributed by atoms with E-state index >= 15 is 0 Å². The number of carbonyl (C=O) groups excluding carboxylic acids is 1. The molecule has 1 N–H and O–H groups in total. The number of epoxide rings is 1. The minimum Gasteiger partial charge on any atom is -0.462 e. The van der Waals surface area contributed by atoms with Crippen LogP contribution in [0.3, 0.4) is 0 Å². The third-order valence-corrected chi connectivity index (χ3v) is 14.6. The van der Waals surface area contributed by atoms with Gasteiger partial charge in [0, 0.05) is 17.8 Å². The van der Waals surface area contributed by atoms with Crippen LogP contribution in [0.25, 0.3) is 0 Å². The highest BCUT2D eigenvalue weighted by Gasteiger charge is 2.86. The van der Waals surface area contributed by atoms with Crippen LogP contribution in [0, 0.1) is 50.7 Å². The van der Waals surface area contributed by atoms with Gasteiger partial charge >= 0.3 is 5.97 Å². The summed E-state index contributed by atoms with van der Waals surface area (Å²) >= 11 is 0. The Kier molecular flexibility index (Phi) is 5.07. The van der Waals surface area contributed by atoms with E-state index in [0.29, 0.717) is 23.7 Å². The summed E-state index contributed by atoms with van der Waals surface area (Å²) in [7, 11) is 0. The lowest BCUT2D eigenvalue weighted by molar-refractivity contribution is -0.298. The molecule has 0 aromatic heterocycles. The fourth-order valence-corrected chi connectivity index (χ4v) is 12.7. The van der Waals surface area contributed by atoms with Crippen molar-refractivity contribution in [2.24, 2.45) is 50.7 Å². The van der Waals surface area contributed by atoms with Crippen molar-refractivity contribution in [2.75, 3.05) is 0 Å². The van der Waals surface area contributed by atoms with Crippen molar-refractivity contribution in [3.8, 4) is 0 Å². The van der Waals surface area contributed by atoms with E-state index in [1.807, 2.05) is 0 Å². The lowest BCUT2D eigenvalue weighted by atomic mass is 9.31. The number of hydrogen-bond acceptors (Lipinski definition) is 4. The molecule has 0 aromatic rings. The Bertz CT molecular complexity index is 973. The van der Waals surface area contributed by atoms with E-state index in [-0.39, 0.29) is 50.9 Å². The summed E-state index contributed by atoms with van der Waals surface area (Å²) in [5.74, 6) is 1.70. The summed E-state index contributed by atoms with van der Waals surface area (Å²) in [4.78, 5) is 11.9. The predicted octanol–water partition coefficient (Wildman–Crippen LogP) is 6.92. The Morgan fingerprint density at radius 2 is 1.50 bits per heavy atom. The van der Waals surface area contributed by atoms with Crippen molar-refractivity contribution >= 4 is 5.97 Å². The van der Waals surface area contributed by atoms with Crippen molar-refractivity contribution < 1.29 is 19.4 Å². The number of aliphatic hydroxyl groups is 1. The molecule has 6 fully saturated rings. The van der Waals surface area contributed by atoms with Gasteiger partial charge in [-0.3, -0.25) is 4.79 Å². The van der Waals surface area contributed by atoms with Crippen LogP contribution in [0.4, 0.5) is 0 Å². The molecular formula is C32H52O4. The molecule has 6 aliphatic rings. The largest absolute Gasteiger partial charge is 0.462 e. The molecule has 0 unspecified atom stereocenters. The summed E-state index contributed by atoms with van der Waals surface area (Å²) in [6, 6.07) is 0. The minimum atomic E-state index is -0.732. The lowest BCUT2D eigenvalue weighted by Crippen LogP contribution is -2.73. The molecule has 4 nitrogen and oxygen atoms in total. The van der Waals surface area contributed by atoms with Gasteiger partial charge in [-0.25, -0.2) is 0 Å². The molecule has 11 atom stereocenters. The van der Waals surface area contributed by atoms with Crippen LogP contribution >= 0.6 is 0 Å². The SMILES string of the molecule is CC(=O)O[C@H]1CC[C@]2(C)[C@H]3CC[C@@H]4[C@]5(O)[C@@](C)(CC[C@@]4(C)[C@]3(C)CC[C@H]2C1(C)C)C[C@H]1O[C@]15C(C)C. The highest BCUT2D eigenvalue weighted by Crippen LogP contribution is 2.81. The fraction of sp³-hybridized carbons (Fsp3) is 0.969. The highest BCUT2D eigenvalue weighted by molar-refractivity contribution is 5.66. The summed E-state index contributed by atoms with van der Waals surface area (Å²) in [6.07, 6.45) is 10.5. The van der Waals surface area contributed by atoms with Crippen LogP contribution in [0.15, 0.2) is 0 Å². The van der Waals surface area contributed by atoms with Crippen LogP contribution in [0.2, 0.25) is 0 Å². The molecule has 1 aliphatic heterocycles. The van der Waals surface area contributed by atoms with Gasteiger partial charge in [0.05, 0.1) is 6.10 Å². The van der Waals surface area contributed by atoms with Crippen molar-refractivity contribution in [3.05, 3.63) is 0 Å². The Balaban J connectivity index is 1.39. The minimum absolute atomic E-state index is 0.0106. The van der Waals surface area contributed by atoms with E-state index < -0.39 is 5.60 Å². The second kappa shape index (κ2) is 7.12. The van der Waals surface area contributed by atoms with E-state index in [0.717, 1.165) is 32.1 Å². The first-order chi connectivity index (χ1) is 16.5. The average Bonchev–Trinajstić information content (AvgIpc) is 3.45. The first kappa shape index (κ1) is 25.7. The van der Waals surface area contributed by atoms with Crippen LogP contribution in [0.1, 0.15) is 120 Å².